The molecule has 0 aliphatic carbocycles. The van der Waals surface area contributed by atoms with E-state index in [0.29, 0.717) is 18.6 Å². The highest BCUT2D eigenvalue weighted by atomic mass is 32.2. The molecule has 0 aliphatic rings. The van der Waals surface area contributed by atoms with Gasteiger partial charge in [0.05, 0.1) is 17.1 Å². The normalized spacial score (nSPS) is 12.5. The minimum absolute atomic E-state index is 0.438. The van der Waals surface area contributed by atoms with Gasteiger partial charge in [0.1, 0.15) is 0 Å². The molecular weight excluding hydrogens is 124 g/mol. The first-order chi connectivity index (χ1) is 3.77. The van der Waals surface area contributed by atoms with Crippen molar-refractivity contribution in [1.29, 1.82) is 5.26 Å². The third-order valence-electron chi connectivity index (χ3n) is 0.634. The molecule has 0 aliphatic heterocycles. The van der Waals surface area contributed by atoms with E-state index in [1.165, 1.54) is 0 Å². The zero-order chi connectivity index (χ0) is 6.41. The summed E-state index contributed by atoms with van der Waals surface area (Å²) in [4.78, 5) is 0. The van der Waals surface area contributed by atoms with Crippen molar-refractivity contribution < 1.29 is 4.21 Å². The molecule has 1 atom stereocenters. The van der Waals surface area contributed by atoms with Crippen LogP contribution in [0, 0.1) is 11.3 Å². The number of unbranched alkanes of at least 4 members (excludes halogenated alkanes) is 1. The Balaban J connectivity index is 2.97. The van der Waals surface area contributed by atoms with Gasteiger partial charge in [0.2, 0.25) is 0 Å². The van der Waals surface area contributed by atoms with E-state index in [4.69, 9.17) is 10.4 Å². The summed E-state index contributed by atoms with van der Waals surface area (Å²) in [5, 5.41) is 12.9. The van der Waals surface area contributed by atoms with Gasteiger partial charge in [-0.25, -0.2) is 4.21 Å². The first-order valence-electron chi connectivity index (χ1n) is 2.27. The van der Waals surface area contributed by atoms with E-state index >= 15 is 0 Å². The van der Waals surface area contributed by atoms with Gasteiger partial charge in [-0.3, -0.25) is 5.14 Å². The topological polar surface area (TPSA) is 66.9 Å². The van der Waals surface area contributed by atoms with Gasteiger partial charge in [0.25, 0.3) is 0 Å². The van der Waals surface area contributed by atoms with E-state index in [1.807, 2.05) is 6.07 Å². The van der Waals surface area contributed by atoms with Crippen LogP contribution in [-0.2, 0) is 11.0 Å². The number of nitrogens with zero attached hydrogens (tertiary/aromatic N) is 1. The maximum Gasteiger partial charge on any atom is 0.0888 e. The molecule has 0 heterocycles. The Morgan fingerprint density at radius 1 is 1.75 bits per heavy atom. The van der Waals surface area contributed by atoms with Crippen LogP contribution in [0.15, 0.2) is 0 Å². The molecule has 1 unspecified atom stereocenters. The van der Waals surface area contributed by atoms with E-state index < -0.39 is 11.0 Å². The van der Waals surface area contributed by atoms with Crippen LogP contribution in [0.25, 0.3) is 0 Å². The molecule has 0 aromatic heterocycles. The van der Waals surface area contributed by atoms with E-state index in [0.717, 1.165) is 0 Å². The van der Waals surface area contributed by atoms with Crippen molar-refractivity contribution >= 4 is 11.0 Å². The Bertz CT molecular complexity index is 118. The van der Waals surface area contributed by atoms with Gasteiger partial charge in [0, 0.05) is 12.2 Å². The summed E-state index contributed by atoms with van der Waals surface area (Å²) in [5.41, 5.74) is 0. The maximum atomic E-state index is 10.1. The average Bonchev–Trinajstić information content (AvgIpc) is 1.66. The van der Waals surface area contributed by atoms with Crippen LogP contribution in [-0.4, -0.2) is 9.96 Å². The Morgan fingerprint density at radius 3 is 2.75 bits per heavy atom. The minimum atomic E-state index is -1.22. The summed E-state index contributed by atoms with van der Waals surface area (Å²) in [6.45, 7) is 0. The molecule has 0 aromatic rings. The highest BCUT2D eigenvalue weighted by molar-refractivity contribution is 7.82. The molecule has 0 rings (SSSR count). The summed E-state index contributed by atoms with van der Waals surface area (Å²) in [5.74, 6) is 0.438. The molecule has 2 N–H and O–H groups in total. The first-order valence-corrected chi connectivity index (χ1v) is 3.65. The summed E-state index contributed by atoms with van der Waals surface area (Å²) in [7, 11) is -1.22. The van der Waals surface area contributed by atoms with Crippen molar-refractivity contribution in [1.82, 2.24) is 0 Å². The molecule has 0 spiro atoms. The zero-order valence-corrected chi connectivity index (χ0v) is 5.28. The molecule has 0 bridgehead atoms. The second kappa shape index (κ2) is 4.75. The highest BCUT2D eigenvalue weighted by Gasteiger charge is 1.88. The number of rotatable bonds is 3. The molecule has 0 saturated heterocycles. The van der Waals surface area contributed by atoms with Crippen molar-refractivity contribution in [2.24, 2.45) is 5.14 Å². The lowest BCUT2D eigenvalue weighted by Gasteiger charge is -1.86. The smallest absolute Gasteiger partial charge is 0.0888 e. The second-order valence-corrected chi connectivity index (χ2v) is 2.52. The Hall–Kier alpha value is -0.400. The fraction of sp³-hybridized carbons (Fsp3) is 0.750. The quantitative estimate of drug-likeness (QED) is 0.545. The van der Waals surface area contributed by atoms with Crippen LogP contribution in [0.2, 0.25) is 0 Å². The Labute approximate surface area is 51.1 Å². The van der Waals surface area contributed by atoms with Crippen molar-refractivity contribution in [3.8, 4) is 6.07 Å². The van der Waals surface area contributed by atoms with Gasteiger partial charge in [-0.2, -0.15) is 5.26 Å². The zero-order valence-electron chi connectivity index (χ0n) is 4.46. The number of nitrogens with two attached hydrogens (primary N) is 1. The molecule has 8 heavy (non-hydrogen) atoms. The molecule has 0 radical (unpaired) electrons. The Kier molecular flexibility index (Phi) is 4.51. The molecule has 0 aromatic carbocycles. The lowest BCUT2D eigenvalue weighted by molar-refractivity contribution is 0.682. The number of nitriles is 1. The van der Waals surface area contributed by atoms with Crippen molar-refractivity contribution in [3.05, 3.63) is 0 Å². The molecule has 4 heteroatoms. The van der Waals surface area contributed by atoms with Crippen LogP contribution in [0.4, 0.5) is 0 Å². The van der Waals surface area contributed by atoms with Crippen LogP contribution < -0.4 is 5.14 Å². The monoisotopic (exact) mass is 132 g/mol. The highest BCUT2D eigenvalue weighted by Crippen LogP contribution is 1.85. The van der Waals surface area contributed by atoms with Gasteiger partial charge >= 0.3 is 0 Å². The van der Waals surface area contributed by atoms with E-state index in [1.54, 1.807) is 0 Å². The fourth-order valence-electron chi connectivity index (χ4n) is 0.293. The SMILES string of the molecule is N#CCCCS(N)=O. The molecule has 0 fully saturated rings. The third-order valence-corrected chi connectivity index (χ3v) is 1.33. The largest absolute Gasteiger partial charge is 0.252 e. The minimum Gasteiger partial charge on any atom is -0.252 e. The lowest BCUT2D eigenvalue weighted by Crippen LogP contribution is -2.06. The predicted octanol–water partition coefficient (Wildman–Crippen LogP) is -0.0874. The summed E-state index contributed by atoms with van der Waals surface area (Å²) >= 11 is 0. The van der Waals surface area contributed by atoms with Crippen molar-refractivity contribution in [3.63, 3.8) is 0 Å². The lowest BCUT2D eigenvalue weighted by atomic mass is 10.4. The average molecular weight is 132 g/mol. The maximum absolute atomic E-state index is 10.1. The van der Waals surface area contributed by atoms with E-state index in [2.05, 4.69) is 0 Å². The van der Waals surface area contributed by atoms with Crippen molar-refractivity contribution in [2.75, 3.05) is 5.75 Å². The summed E-state index contributed by atoms with van der Waals surface area (Å²) in [6.07, 6.45) is 1.09. The predicted molar refractivity (Wildman–Crippen MR) is 32.0 cm³/mol. The summed E-state index contributed by atoms with van der Waals surface area (Å²) in [6, 6.07) is 1.93. The second-order valence-electron chi connectivity index (χ2n) is 1.35. The van der Waals surface area contributed by atoms with Crippen LogP contribution >= 0.6 is 0 Å². The molecular formula is C4H8N2OS. The molecule has 0 saturated carbocycles. The van der Waals surface area contributed by atoms with E-state index in [-0.39, 0.29) is 0 Å². The molecule has 3 nitrogen and oxygen atoms in total. The van der Waals surface area contributed by atoms with Gasteiger partial charge in [-0.05, 0) is 6.42 Å². The van der Waals surface area contributed by atoms with Gasteiger partial charge in [-0.1, -0.05) is 0 Å². The standard InChI is InChI=1S/C4H8N2OS/c5-3-1-2-4-8(6)7/h1-2,4,6H2. The summed E-state index contributed by atoms with van der Waals surface area (Å²) < 4.78 is 10.1. The van der Waals surface area contributed by atoms with Crippen LogP contribution in [0.5, 0.6) is 0 Å². The van der Waals surface area contributed by atoms with E-state index in [9.17, 15) is 4.21 Å². The number of hydrogen-bond donors (Lipinski definition) is 1. The Morgan fingerprint density at radius 2 is 2.38 bits per heavy atom. The first kappa shape index (κ1) is 7.60. The molecule has 0 amide bonds. The van der Waals surface area contributed by atoms with Crippen LogP contribution in [0.1, 0.15) is 12.8 Å². The van der Waals surface area contributed by atoms with Crippen LogP contribution in [0.3, 0.4) is 0 Å². The fourth-order valence-corrected chi connectivity index (χ4v) is 0.722. The van der Waals surface area contributed by atoms with Gasteiger partial charge < -0.3 is 0 Å². The molecule has 46 valence electrons. The van der Waals surface area contributed by atoms with Gasteiger partial charge in [-0.15, -0.1) is 0 Å². The third kappa shape index (κ3) is 5.60. The van der Waals surface area contributed by atoms with Gasteiger partial charge in [0.15, 0.2) is 0 Å². The van der Waals surface area contributed by atoms with Crippen molar-refractivity contribution in [2.45, 2.75) is 12.8 Å². The number of hydrogen-bond acceptors (Lipinski definition) is 2.